The number of nitrogens with two attached hydrogens (primary N) is 1. The molecule has 0 saturated heterocycles. The molecule has 0 heterocycles. The topological polar surface area (TPSA) is 90.6 Å². The molecular formula is C22H25ClN2O4. The van der Waals surface area contributed by atoms with Crippen molar-refractivity contribution < 1.29 is 19.1 Å². The number of rotatable bonds is 5. The number of hydrogen-bond donors (Lipinski definition) is 2. The average molecular weight is 417 g/mol. The average Bonchev–Trinajstić information content (AvgIpc) is 3.40. The molecule has 0 unspecified atom stereocenters. The van der Waals surface area contributed by atoms with E-state index < -0.39 is 23.5 Å². The van der Waals surface area contributed by atoms with Crippen molar-refractivity contribution in [1.29, 1.82) is 0 Å². The lowest BCUT2D eigenvalue weighted by Crippen LogP contribution is -2.59. The van der Waals surface area contributed by atoms with Crippen molar-refractivity contribution in [3.63, 3.8) is 0 Å². The van der Waals surface area contributed by atoms with Crippen LogP contribution in [0.5, 0.6) is 0 Å². The smallest absolute Gasteiger partial charge is 0.330 e. The van der Waals surface area contributed by atoms with E-state index in [4.69, 9.17) is 15.2 Å². The number of carbonyl (C=O) groups excluding carboxylic acids is 2. The van der Waals surface area contributed by atoms with E-state index in [9.17, 15) is 9.59 Å². The van der Waals surface area contributed by atoms with E-state index in [0.29, 0.717) is 5.56 Å². The Morgan fingerprint density at radius 1 is 1.24 bits per heavy atom. The second-order valence-corrected chi connectivity index (χ2v) is 7.03. The molecule has 0 bridgehead atoms. The van der Waals surface area contributed by atoms with Gasteiger partial charge in [0.05, 0.1) is 20.5 Å². The maximum atomic E-state index is 12.4. The highest BCUT2D eigenvalue weighted by Gasteiger charge is 2.34. The first kappa shape index (κ1) is 24.1. The van der Waals surface area contributed by atoms with Crippen LogP contribution in [-0.2, 0) is 14.3 Å². The van der Waals surface area contributed by atoms with Crippen molar-refractivity contribution >= 4 is 24.3 Å². The second kappa shape index (κ2) is 10.6. The summed E-state index contributed by atoms with van der Waals surface area (Å²) in [5.74, 6) is 10.8. The van der Waals surface area contributed by atoms with Crippen LogP contribution in [0.3, 0.4) is 0 Å². The van der Waals surface area contributed by atoms with Crippen LogP contribution in [0.4, 0.5) is 0 Å². The van der Waals surface area contributed by atoms with Crippen molar-refractivity contribution in [2.75, 3.05) is 14.2 Å². The molecule has 1 amide bonds. The summed E-state index contributed by atoms with van der Waals surface area (Å²) in [6.07, 6.45) is 2.64. The molecule has 0 aliphatic heterocycles. The van der Waals surface area contributed by atoms with Crippen LogP contribution in [0, 0.1) is 29.6 Å². The first-order chi connectivity index (χ1) is 13.3. The molecule has 154 valence electrons. The molecule has 1 aromatic rings. The van der Waals surface area contributed by atoms with E-state index in [1.807, 2.05) is 0 Å². The highest BCUT2D eigenvalue weighted by atomic mass is 35.5. The molecule has 1 aliphatic rings. The number of nitrogens with one attached hydrogen (secondary N) is 1. The quantitative estimate of drug-likeness (QED) is 0.435. The molecule has 1 aromatic carbocycles. The van der Waals surface area contributed by atoms with E-state index in [1.54, 1.807) is 51.5 Å². The van der Waals surface area contributed by atoms with E-state index >= 15 is 0 Å². The van der Waals surface area contributed by atoms with Crippen LogP contribution in [0.25, 0.3) is 0 Å². The van der Waals surface area contributed by atoms with Crippen molar-refractivity contribution in [2.45, 2.75) is 31.8 Å². The van der Waals surface area contributed by atoms with Gasteiger partial charge in [-0.15, -0.1) is 12.4 Å². The molecule has 6 nitrogen and oxygen atoms in total. The number of benzene rings is 1. The number of allylic oxidation sites excluding steroid dienone is 1. The van der Waals surface area contributed by atoms with Crippen LogP contribution < -0.4 is 11.1 Å². The van der Waals surface area contributed by atoms with Gasteiger partial charge in [-0.2, -0.15) is 0 Å². The molecule has 3 N–H and O–H groups in total. The monoisotopic (exact) mass is 416 g/mol. The standard InChI is InChI=1S/C22H24N2O4.ClH/c1-22(2,23)19(21(26)28-4)24-20(25)16-11-9-15(10-12-16)7-5-6-8-17-13-18(17)14-27-3;/h9-12,14,17,19H,13,23H2,1-4H3,(H,24,25);1H/t17-,19+;/m0./s1. The van der Waals surface area contributed by atoms with Gasteiger partial charge in [-0.1, -0.05) is 11.8 Å². The number of esters is 1. The molecule has 0 aromatic heterocycles. The lowest BCUT2D eigenvalue weighted by Gasteiger charge is -2.28. The summed E-state index contributed by atoms with van der Waals surface area (Å²) in [5.41, 5.74) is 7.31. The zero-order valence-electron chi connectivity index (χ0n) is 16.9. The minimum absolute atomic E-state index is 0. The van der Waals surface area contributed by atoms with E-state index in [1.165, 1.54) is 12.7 Å². The Hall–Kier alpha value is -2.93. The molecule has 1 aliphatic carbocycles. The van der Waals surface area contributed by atoms with Gasteiger partial charge in [-0.3, -0.25) is 4.79 Å². The minimum Gasteiger partial charge on any atom is -0.504 e. The highest BCUT2D eigenvalue weighted by molar-refractivity contribution is 5.97. The zero-order valence-corrected chi connectivity index (χ0v) is 17.7. The number of ether oxygens (including phenoxy) is 2. The summed E-state index contributed by atoms with van der Waals surface area (Å²) < 4.78 is 9.65. The van der Waals surface area contributed by atoms with E-state index in [0.717, 1.165) is 12.0 Å². The Bertz CT molecular complexity index is 893. The number of carbonyl (C=O) groups is 2. The Balaban J connectivity index is 0.00000420. The van der Waals surface area contributed by atoms with Crippen molar-refractivity contribution in [2.24, 2.45) is 11.7 Å². The van der Waals surface area contributed by atoms with Gasteiger partial charge >= 0.3 is 5.97 Å². The highest BCUT2D eigenvalue weighted by Crippen LogP contribution is 2.36. The van der Waals surface area contributed by atoms with Gasteiger partial charge in [-0.05, 0) is 61.9 Å². The van der Waals surface area contributed by atoms with Crippen molar-refractivity contribution in [1.82, 2.24) is 5.32 Å². The Labute approximate surface area is 177 Å². The fraction of sp³-hybridized carbons (Fsp3) is 0.364. The molecule has 29 heavy (non-hydrogen) atoms. The van der Waals surface area contributed by atoms with Gasteiger partial charge in [0.15, 0.2) is 0 Å². The first-order valence-corrected chi connectivity index (χ1v) is 8.77. The van der Waals surface area contributed by atoms with Crippen LogP contribution >= 0.6 is 12.4 Å². The normalized spacial score (nSPS) is 16.7. The third-order valence-electron chi connectivity index (χ3n) is 4.12. The molecule has 2 rings (SSSR count). The summed E-state index contributed by atoms with van der Waals surface area (Å²) in [4.78, 5) is 24.3. The van der Waals surface area contributed by atoms with Crippen molar-refractivity contribution in [3.05, 3.63) is 47.2 Å². The predicted molar refractivity (Wildman–Crippen MR) is 113 cm³/mol. The SMILES string of the molecule is COC=C1C[C@@H]1C#CC#Cc1ccc(C(=O)N[C@H](C(=O)OC)C(C)(C)N)cc1.Cl. The van der Waals surface area contributed by atoms with Gasteiger partial charge in [0.2, 0.25) is 0 Å². The number of hydrogen-bond acceptors (Lipinski definition) is 5. The summed E-state index contributed by atoms with van der Waals surface area (Å²) in [7, 11) is 2.87. The van der Waals surface area contributed by atoms with Crippen LogP contribution in [-0.4, -0.2) is 37.7 Å². The summed E-state index contributed by atoms with van der Waals surface area (Å²) >= 11 is 0. The summed E-state index contributed by atoms with van der Waals surface area (Å²) in [5, 5.41) is 2.62. The summed E-state index contributed by atoms with van der Waals surface area (Å²) in [6.45, 7) is 3.29. The summed E-state index contributed by atoms with van der Waals surface area (Å²) in [6, 6.07) is 5.74. The predicted octanol–water partition coefficient (Wildman–Crippen LogP) is 2.02. The number of halogens is 1. The molecule has 1 fully saturated rings. The van der Waals surface area contributed by atoms with Crippen LogP contribution in [0.1, 0.15) is 36.2 Å². The Morgan fingerprint density at radius 2 is 1.90 bits per heavy atom. The van der Waals surface area contributed by atoms with Gasteiger partial charge in [0.25, 0.3) is 5.91 Å². The van der Waals surface area contributed by atoms with Gasteiger partial charge in [0.1, 0.15) is 6.04 Å². The van der Waals surface area contributed by atoms with Crippen LogP contribution in [0.15, 0.2) is 36.1 Å². The fourth-order valence-electron chi connectivity index (χ4n) is 2.41. The lowest BCUT2D eigenvalue weighted by atomic mass is 9.95. The largest absolute Gasteiger partial charge is 0.504 e. The second-order valence-electron chi connectivity index (χ2n) is 7.03. The number of methoxy groups -OCH3 is 2. The first-order valence-electron chi connectivity index (χ1n) is 8.77. The Morgan fingerprint density at radius 3 is 2.45 bits per heavy atom. The molecular weight excluding hydrogens is 392 g/mol. The van der Waals surface area contributed by atoms with Gasteiger partial charge in [0, 0.05) is 22.6 Å². The molecule has 7 heteroatoms. The van der Waals surface area contributed by atoms with E-state index in [-0.39, 0.29) is 18.3 Å². The van der Waals surface area contributed by atoms with Gasteiger partial charge in [-0.25, -0.2) is 4.79 Å². The maximum Gasteiger partial charge on any atom is 0.330 e. The van der Waals surface area contributed by atoms with E-state index in [2.05, 4.69) is 29.0 Å². The van der Waals surface area contributed by atoms with Gasteiger partial charge < -0.3 is 20.5 Å². The number of amides is 1. The lowest BCUT2D eigenvalue weighted by molar-refractivity contribution is -0.144. The minimum atomic E-state index is -0.966. The molecule has 0 spiro atoms. The zero-order chi connectivity index (χ0) is 20.7. The molecule has 2 atom stereocenters. The molecule has 1 saturated carbocycles. The maximum absolute atomic E-state index is 12.4. The Kier molecular flexibility index (Phi) is 8.79. The van der Waals surface area contributed by atoms with Crippen LogP contribution in [0.2, 0.25) is 0 Å². The van der Waals surface area contributed by atoms with Crippen molar-refractivity contribution in [3.8, 4) is 23.7 Å². The molecule has 0 radical (unpaired) electrons. The third-order valence-corrected chi connectivity index (χ3v) is 4.12. The fourth-order valence-corrected chi connectivity index (χ4v) is 2.41. The third kappa shape index (κ3) is 7.19.